The SMILES string of the molecule is CSCC1=Nc2ccc(F)cc2CCC1. The molecule has 1 heterocycles. The fourth-order valence-corrected chi connectivity index (χ4v) is 2.39. The zero-order valence-electron chi connectivity index (χ0n) is 8.79. The lowest BCUT2D eigenvalue weighted by atomic mass is 10.1. The maximum Gasteiger partial charge on any atom is 0.123 e. The van der Waals surface area contributed by atoms with E-state index in [1.165, 1.54) is 11.8 Å². The van der Waals surface area contributed by atoms with Crippen LogP contribution in [0.5, 0.6) is 0 Å². The van der Waals surface area contributed by atoms with Gasteiger partial charge in [-0.2, -0.15) is 11.8 Å². The molecule has 0 fully saturated rings. The van der Waals surface area contributed by atoms with Crippen LogP contribution in [0.25, 0.3) is 0 Å². The van der Waals surface area contributed by atoms with Gasteiger partial charge in [-0.25, -0.2) is 4.39 Å². The fraction of sp³-hybridized carbons (Fsp3) is 0.417. The third kappa shape index (κ3) is 2.59. The number of rotatable bonds is 2. The molecule has 1 aliphatic rings. The van der Waals surface area contributed by atoms with Crippen molar-refractivity contribution in [1.82, 2.24) is 0 Å². The Hall–Kier alpha value is -0.830. The Labute approximate surface area is 93.8 Å². The highest BCUT2D eigenvalue weighted by atomic mass is 32.2. The topological polar surface area (TPSA) is 12.4 Å². The molecule has 0 N–H and O–H groups in total. The summed E-state index contributed by atoms with van der Waals surface area (Å²) < 4.78 is 13.0. The molecule has 1 aromatic rings. The van der Waals surface area contributed by atoms with Crippen LogP contribution in [0.4, 0.5) is 10.1 Å². The zero-order valence-corrected chi connectivity index (χ0v) is 9.61. The third-order valence-electron chi connectivity index (χ3n) is 2.54. The summed E-state index contributed by atoms with van der Waals surface area (Å²) in [6, 6.07) is 4.89. The summed E-state index contributed by atoms with van der Waals surface area (Å²) in [7, 11) is 0. The lowest BCUT2D eigenvalue weighted by Gasteiger charge is -2.02. The van der Waals surface area contributed by atoms with Gasteiger partial charge in [-0.3, -0.25) is 4.99 Å². The highest BCUT2D eigenvalue weighted by molar-refractivity contribution is 7.99. The van der Waals surface area contributed by atoms with E-state index in [-0.39, 0.29) is 5.82 Å². The van der Waals surface area contributed by atoms with Crippen LogP contribution < -0.4 is 0 Å². The van der Waals surface area contributed by atoms with Crippen LogP contribution in [-0.2, 0) is 6.42 Å². The predicted molar refractivity (Wildman–Crippen MR) is 64.8 cm³/mol. The van der Waals surface area contributed by atoms with Gasteiger partial charge < -0.3 is 0 Å². The fourth-order valence-electron chi connectivity index (χ4n) is 1.84. The van der Waals surface area contributed by atoms with E-state index in [1.807, 2.05) is 0 Å². The van der Waals surface area contributed by atoms with Gasteiger partial charge in [0.25, 0.3) is 0 Å². The maximum atomic E-state index is 13.0. The number of hydrogen-bond acceptors (Lipinski definition) is 2. The maximum absolute atomic E-state index is 13.0. The first-order valence-electron chi connectivity index (χ1n) is 5.13. The summed E-state index contributed by atoms with van der Waals surface area (Å²) in [6.07, 6.45) is 5.14. The van der Waals surface area contributed by atoms with E-state index in [9.17, 15) is 4.39 Å². The van der Waals surface area contributed by atoms with Crippen molar-refractivity contribution in [1.29, 1.82) is 0 Å². The van der Waals surface area contributed by atoms with Gasteiger partial charge in [0.1, 0.15) is 5.82 Å². The molecule has 0 bridgehead atoms. The Morgan fingerprint density at radius 2 is 2.27 bits per heavy atom. The van der Waals surface area contributed by atoms with E-state index in [1.54, 1.807) is 23.9 Å². The Morgan fingerprint density at radius 1 is 1.40 bits per heavy atom. The molecule has 2 rings (SSSR count). The van der Waals surface area contributed by atoms with Gasteiger partial charge in [-0.1, -0.05) is 0 Å². The highest BCUT2D eigenvalue weighted by Crippen LogP contribution is 2.26. The summed E-state index contributed by atoms with van der Waals surface area (Å²) in [5.41, 5.74) is 3.23. The average Bonchev–Trinajstić information content (AvgIpc) is 2.40. The monoisotopic (exact) mass is 223 g/mol. The smallest absolute Gasteiger partial charge is 0.123 e. The van der Waals surface area contributed by atoms with E-state index in [0.29, 0.717) is 0 Å². The lowest BCUT2D eigenvalue weighted by molar-refractivity contribution is 0.625. The van der Waals surface area contributed by atoms with Gasteiger partial charge in [-0.05, 0) is 49.3 Å². The van der Waals surface area contributed by atoms with Crippen molar-refractivity contribution < 1.29 is 4.39 Å². The molecule has 0 aromatic heterocycles. The molecular weight excluding hydrogens is 209 g/mol. The molecule has 3 heteroatoms. The molecule has 0 spiro atoms. The van der Waals surface area contributed by atoms with Crippen molar-refractivity contribution in [2.45, 2.75) is 19.3 Å². The molecule has 0 aliphatic carbocycles. The van der Waals surface area contributed by atoms with Crippen molar-refractivity contribution in [2.75, 3.05) is 12.0 Å². The van der Waals surface area contributed by atoms with Crippen LogP contribution in [0.1, 0.15) is 18.4 Å². The van der Waals surface area contributed by atoms with Crippen LogP contribution in [0.2, 0.25) is 0 Å². The summed E-state index contributed by atoms with van der Waals surface area (Å²) in [4.78, 5) is 4.60. The zero-order chi connectivity index (χ0) is 10.7. The van der Waals surface area contributed by atoms with Gasteiger partial charge in [0.05, 0.1) is 5.69 Å². The standard InChI is InChI=1S/C12H14FNS/c1-15-8-11-4-2-3-9-7-10(13)5-6-12(9)14-11/h5-7H,2-4,8H2,1H3. The van der Waals surface area contributed by atoms with Gasteiger partial charge in [0, 0.05) is 11.5 Å². The van der Waals surface area contributed by atoms with Gasteiger partial charge in [0.2, 0.25) is 0 Å². The lowest BCUT2D eigenvalue weighted by Crippen LogP contribution is -1.99. The molecule has 0 saturated heterocycles. The molecule has 0 amide bonds. The summed E-state index contributed by atoms with van der Waals surface area (Å²) in [5.74, 6) is 0.828. The Morgan fingerprint density at radius 3 is 3.07 bits per heavy atom. The van der Waals surface area contributed by atoms with E-state index in [4.69, 9.17) is 0 Å². The first-order chi connectivity index (χ1) is 7.29. The molecule has 0 radical (unpaired) electrons. The second-order valence-electron chi connectivity index (χ2n) is 3.74. The van der Waals surface area contributed by atoms with Crippen molar-refractivity contribution in [3.05, 3.63) is 29.6 Å². The van der Waals surface area contributed by atoms with Crippen molar-refractivity contribution in [3.8, 4) is 0 Å². The molecule has 80 valence electrons. The third-order valence-corrected chi connectivity index (χ3v) is 3.16. The van der Waals surface area contributed by atoms with Crippen LogP contribution >= 0.6 is 11.8 Å². The van der Waals surface area contributed by atoms with Gasteiger partial charge in [0.15, 0.2) is 0 Å². The molecular formula is C12H14FNS. The highest BCUT2D eigenvalue weighted by Gasteiger charge is 2.10. The number of fused-ring (bicyclic) bond motifs is 1. The molecule has 1 aromatic carbocycles. The minimum atomic E-state index is -0.155. The Kier molecular flexibility index (Phi) is 3.41. The number of halogens is 1. The normalized spacial score (nSPS) is 15.5. The number of nitrogens with zero attached hydrogens (tertiary/aromatic N) is 1. The average molecular weight is 223 g/mol. The molecule has 0 unspecified atom stereocenters. The summed E-state index contributed by atoms with van der Waals surface area (Å²) in [5, 5.41) is 0. The number of benzene rings is 1. The first-order valence-corrected chi connectivity index (χ1v) is 6.53. The summed E-state index contributed by atoms with van der Waals surface area (Å²) in [6.45, 7) is 0. The van der Waals surface area contributed by atoms with Crippen molar-refractivity contribution >= 4 is 23.2 Å². The molecule has 1 nitrogen and oxygen atoms in total. The van der Waals surface area contributed by atoms with Crippen molar-refractivity contribution in [3.63, 3.8) is 0 Å². The van der Waals surface area contributed by atoms with Crippen LogP contribution in [0.15, 0.2) is 23.2 Å². The second-order valence-corrected chi connectivity index (χ2v) is 4.60. The minimum Gasteiger partial charge on any atom is -0.257 e. The predicted octanol–water partition coefficient (Wildman–Crippen LogP) is 3.60. The largest absolute Gasteiger partial charge is 0.257 e. The van der Waals surface area contributed by atoms with E-state index < -0.39 is 0 Å². The quantitative estimate of drug-likeness (QED) is 0.746. The molecule has 15 heavy (non-hydrogen) atoms. The van der Waals surface area contributed by atoms with Crippen LogP contribution in [0, 0.1) is 5.82 Å². The van der Waals surface area contributed by atoms with E-state index in [0.717, 1.165) is 36.3 Å². The first kappa shape index (κ1) is 10.7. The minimum absolute atomic E-state index is 0.155. The molecule has 1 aliphatic heterocycles. The number of hydrogen-bond donors (Lipinski definition) is 0. The van der Waals surface area contributed by atoms with Crippen molar-refractivity contribution in [2.24, 2.45) is 4.99 Å². The van der Waals surface area contributed by atoms with Crippen LogP contribution in [0.3, 0.4) is 0 Å². The number of thioether (sulfide) groups is 1. The molecule has 0 atom stereocenters. The Bertz CT molecular complexity index is 387. The van der Waals surface area contributed by atoms with Crippen LogP contribution in [-0.4, -0.2) is 17.7 Å². The number of aryl methyl sites for hydroxylation is 1. The summed E-state index contributed by atoms with van der Waals surface area (Å²) >= 11 is 1.79. The van der Waals surface area contributed by atoms with Gasteiger partial charge >= 0.3 is 0 Å². The van der Waals surface area contributed by atoms with E-state index >= 15 is 0 Å². The van der Waals surface area contributed by atoms with E-state index in [2.05, 4.69) is 11.2 Å². The second kappa shape index (κ2) is 4.79. The number of aliphatic imine (C=N–C) groups is 1. The van der Waals surface area contributed by atoms with Gasteiger partial charge in [-0.15, -0.1) is 0 Å². The Balaban J connectivity index is 2.33. The molecule has 0 saturated carbocycles.